The third-order valence-electron chi connectivity index (χ3n) is 6.15. The maximum Gasteiger partial charge on any atom is 0.416 e. The van der Waals surface area contributed by atoms with Crippen LogP contribution < -0.4 is 16.4 Å². The fraction of sp³-hybridized carbons (Fsp3) is 0.308. The summed E-state index contributed by atoms with van der Waals surface area (Å²) in [5.74, 6) is -0.00294. The Morgan fingerprint density at radius 1 is 0.972 bits per heavy atom. The summed E-state index contributed by atoms with van der Waals surface area (Å²) in [6.45, 7) is 3.22. The fourth-order valence-electron chi connectivity index (χ4n) is 4.05. The van der Waals surface area contributed by atoms with Crippen LogP contribution in [0.4, 0.5) is 30.4 Å². The van der Waals surface area contributed by atoms with Crippen LogP contribution in [0.5, 0.6) is 0 Å². The number of hydrogen-bond acceptors (Lipinski definition) is 6. The van der Waals surface area contributed by atoms with Gasteiger partial charge in [-0.25, -0.2) is 4.98 Å². The van der Waals surface area contributed by atoms with Crippen molar-refractivity contribution in [3.63, 3.8) is 0 Å². The number of carbonyl (C=O) groups is 1. The molecule has 1 aromatic heterocycles. The van der Waals surface area contributed by atoms with E-state index in [2.05, 4.69) is 20.5 Å². The number of carbonyl (C=O) groups excluding carboxylic acids is 1. The number of anilines is 3. The Hall–Kier alpha value is -3.63. The Bertz CT molecular complexity index is 1170. The first-order chi connectivity index (χ1) is 17.2. The van der Waals surface area contributed by atoms with E-state index in [1.807, 2.05) is 42.3 Å². The minimum absolute atomic E-state index is 0.0901. The van der Waals surface area contributed by atoms with Crippen molar-refractivity contribution in [2.24, 2.45) is 0 Å². The third-order valence-corrected chi connectivity index (χ3v) is 6.15. The lowest BCUT2D eigenvalue weighted by Gasteiger charge is -2.33. The largest absolute Gasteiger partial charge is 0.416 e. The number of alkyl halides is 3. The normalized spacial score (nSPS) is 15.0. The van der Waals surface area contributed by atoms with E-state index in [4.69, 9.17) is 5.73 Å². The standard InChI is InChI=1S/C26H29F3N6O/c1-34-10-12-35(13-11-34)17-20-4-8-22(14-23(20)26(27,28)29)33-25(36)16-31-21-6-2-18(3-7-21)19-5-9-24(30)32-15-19/h2-9,14-15,31H,10-13,16-17H2,1H3,(H2,30,32)(H,33,36). The van der Waals surface area contributed by atoms with Gasteiger partial charge in [0.2, 0.25) is 5.91 Å². The minimum atomic E-state index is -4.51. The maximum absolute atomic E-state index is 13.8. The second-order valence-electron chi connectivity index (χ2n) is 8.90. The summed E-state index contributed by atoms with van der Waals surface area (Å²) >= 11 is 0. The lowest BCUT2D eigenvalue weighted by Crippen LogP contribution is -2.44. The monoisotopic (exact) mass is 498 g/mol. The molecule has 2 heterocycles. The van der Waals surface area contributed by atoms with Gasteiger partial charge in [-0.2, -0.15) is 13.2 Å². The van der Waals surface area contributed by atoms with Crippen molar-refractivity contribution in [3.8, 4) is 11.1 Å². The number of hydrogen-bond donors (Lipinski definition) is 3. The number of nitrogens with one attached hydrogen (secondary N) is 2. The highest BCUT2D eigenvalue weighted by molar-refractivity contribution is 5.94. The molecule has 0 spiro atoms. The maximum atomic E-state index is 13.8. The lowest BCUT2D eigenvalue weighted by molar-refractivity contribution is -0.138. The molecule has 0 saturated carbocycles. The molecule has 0 aliphatic carbocycles. The zero-order valence-electron chi connectivity index (χ0n) is 20.0. The molecule has 4 rings (SSSR count). The van der Waals surface area contributed by atoms with E-state index in [9.17, 15) is 18.0 Å². The van der Waals surface area contributed by atoms with Gasteiger partial charge in [-0.3, -0.25) is 9.69 Å². The van der Waals surface area contributed by atoms with Gasteiger partial charge in [-0.15, -0.1) is 0 Å². The molecule has 2 aromatic carbocycles. The number of rotatable bonds is 7. The van der Waals surface area contributed by atoms with Crippen molar-refractivity contribution in [1.29, 1.82) is 0 Å². The van der Waals surface area contributed by atoms with Crippen LogP contribution in [0.15, 0.2) is 60.8 Å². The number of nitrogens with zero attached hydrogens (tertiary/aromatic N) is 3. The average molecular weight is 499 g/mol. The third kappa shape index (κ3) is 6.73. The Balaban J connectivity index is 1.35. The number of halogens is 3. The van der Waals surface area contributed by atoms with Gasteiger partial charge in [0.05, 0.1) is 12.1 Å². The summed E-state index contributed by atoms with van der Waals surface area (Å²) in [6, 6.07) is 15.0. The Kier molecular flexibility index (Phi) is 7.76. The minimum Gasteiger partial charge on any atom is -0.384 e. The summed E-state index contributed by atoms with van der Waals surface area (Å²) in [6.07, 6.45) is -2.83. The van der Waals surface area contributed by atoms with Crippen molar-refractivity contribution < 1.29 is 18.0 Å². The van der Waals surface area contributed by atoms with Crippen LogP contribution in [0.3, 0.4) is 0 Å². The SMILES string of the molecule is CN1CCN(Cc2ccc(NC(=O)CNc3ccc(-c4ccc(N)nc4)cc3)cc2C(F)(F)F)CC1. The van der Waals surface area contributed by atoms with Gasteiger partial charge in [0.15, 0.2) is 0 Å². The molecule has 1 aliphatic heterocycles. The zero-order valence-corrected chi connectivity index (χ0v) is 20.0. The predicted molar refractivity (Wildman–Crippen MR) is 135 cm³/mol. The predicted octanol–water partition coefficient (Wildman–Crippen LogP) is 4.15. The molecule has 0 bridgehead atoms. The highest BCUT2D eigenvalue weighted by atomic mass is 19.4. The zero-order chi connectivity index (χ0) is 25.7. The molecule has 0 atom stereocenters. The summed E-state index contributed by atoms with van der Waals surface area (Å²) in [5.41, 5.74) is 7.76. The van der Waals surface area contributed by atoms with Crippen molar-refractivity contribution in [2.75, 3.05) is 56.1 Å². The smallest absolute Gasteiger partial charge is 0.384 e. The van der Waals surface area contributed by atoms with Crippen molar-refractivity contribution in [2.45, 2.75) is 12.7 Å². The van der Waals surface area contributed by atoms with Crippen LogP contribution >= 0.6 is 0 Å². The van der Waals surface area contributed by atoms with Crippen molar-refractivity contribution >= 4 is 23.1 Å². The van der Waals surface area contributed by atoms with Gasteiger partial charge in [-0.05, 0) is 54.6 Å². The molecule has 1 saturated heterocycles. The molecule has 190 valence electrons. The van der Waals surface area contributed by atoms with Gasteiger partial charge in [0.1, 0.15) is 5.82 Å². The highest BCUT2D eigenvalue weighted by Crippen LogP contribution is 2.34. The number of piperazine rings is 1. The second-order valence-corrected chi connectivity index (χ2v) is 8.90. The molecule has 36 heavy (non-hydrogen) atoms. The Morgan fingerprint density at radius 2 is 1.64 bits per heavy atom. The number of aromatic nitrogens is 1. The van der Waals surface area contributed by atoms with E-state index >= 15 is 0 Å². The molecule has 1 aliphatic rings. The van der Waals surface area contributed by atoms with Crippen LogP contribution in [0.25, 0.3) is 11.1 Å². The van der Waals surface area contributed by atoms with Gasteiger partial charge in [0.25, 0.3) is 0 Å². The molecular formula is C26H29F3N6O. The van der Waals surface area contributed by atoms with E-state index in [1.165, 1.54) is 12.1 Å². The average Bonchev–Trinajstić information content (AvgIpc) is 2.85. The van der Waals surface area contributed by atoms with E-state index in [0.29, 0.717) is 11.5 Å². The topological polar surface area (TPSA) is 86.5 Å². The Morgan fingerprint density at radius 3 is 2.28 bits per heavy atom. The molecule has 3 aromatic rings. The molecule has 1 amide bonds. The lowest BCUT2D eigenvalue weighted by atomic mass is 10.0. The van der Waals surface area contributed by atoms with Gasteiger partial charge >= 0.3 is 6.18 Å². The Labute approximate surface area is 208 Å². The number of likely N-dealkylation sites (N-methyl/N-ethyl adjacent to an activating group) is 1. The molecule has 1 fully saturated rings. The number of nitrogens with two attached hydrogens (primary N) is 1. The summed E-state index contributed by atoms with van der Waals surface area (Å²) in [4.78, 5) is 20.7. The number of pyridine rings is 1. The van der Waals surface area contributed by atoms with Crippen LogP contribution in [0, 0.1) is 0 Å². The molecular weight excluding hydrogens is 469 g/mol. The van der Waals surface area contributed by atoms with E-state index < -0.39 is 17.6 Å². The fourth-order valence-corrected chi connectivity index (χ4v) is 4.05. The number of benzene rings is 2. The molecule has 4 N–H and O–H groups in total. The van der Waals surface area contributed by atoms with Crippen LogP contribution in [-0.2, 0) is 17.5 Å². The quantitative estimate of drug-likeness (QED) is 0.454. The first-order valence-electron chi connectivity index (χ1n) is 11.6. The van der Waals surface area contributed by atoms with E-state index in [1.54, 1.807) is 12.3 Å². The number of amides is 1. The summed E-state index contributed by atoms with van der Waals surface area (Å²) < 4.78 is 41.3. The van der Waals surface area contributed by atoms with E-state index in [-0.39, 0.29) is 24.3 Å². The van der Waals surface area contributed by atoms with Crippen LogP contribution in [0.2, 0.25) is 0 Å². The molecule has 7 nitrogen and oxygen atoms in total. The number of nitrogen functional groups attached to an aromatic ring is 1. The highest BCUT2D eigenvalue weighted by Gasteiger charge is 2.34. The van der Waals surface area contributed by atoms with Crippen molar-refractivity contribution in [3.05, 3.63) is 71.9 Å². The first kappa shape index (κ1) is 25.5. The van der Waals surface area contributed by atoms with E-state index in [0.717, 1.165) is 43.4 Å². The van der Waals surface area contributed by atoms with Gasteiger partial charge in [-0.1, -0.05) is 18.2 Å². The van der Waals surface area contributed by atoms with Gasteiger partial charge < -0.3 is 21.3 Å². The summed E-state index contributed by atoms with van der Waals surface area (Å²) in [7, 11) is 2.00. The summed E-state index contributed by atoms with van der Waals surface area (Å²) in [5, 5.41) is 5.55. The van der Waals surface area contributed by atoms with Crippen LogP contribution in [0.1, 0.15) is 11.1 Å². The molecule has 0 unspecified atom stereocenters. The van der Waals surface area contributed by atoms with Gasteiger partial charge in [0, 0.05) is 55.9 Å². The van der Waals surface area contributed by atoms with Crippen LogP contribution in [-0.4, -0.2) is 60.5 Å². The second kappa shape index (κ2) is 11.0. The molecule has 0 radical (unpaired) electrons. The first-order valence-corrected chi connectivity index (χ1v) is 11.6. The molecule has 10 heteroatoms. The van der Waals surface area contributed by atoms with Crippen molar-refractivity contribution in [1.82, 2.24) is 14.8 Å².